The van der Waals surface area contributed by atoms with E-state index in [4.69, 9.17) is 10.4 Å². The van der Waals surface area contributed by atoms with Gasteiger partial charge in [-0.05, 0) is 6.92 Å². The number of amides is 1. The minimum absolute atomic E-state index is 0.148. The first kappa shape index (κ1) is 12.7. The minimum atomic E-state index is -1.24. The van der Waals surface area contributed by atoms with E-state index in [1.54, 1.807) is 6.92 Å². The smallest absolute Gasteiger partial charge is 0.354 e. The Balaban J connectivity index is 2.93. The van der Waals surface area contributed by atoms with Gasteiger partial charge in [-0.15, -0.1) is 0 Å². The van der Waals surface area contributed by atoms with Crippen molar-refractivity contribution in [3.8, 4) is 6.07 Å². The number of carbonyl (C=O) groups excluding carboxylic acids is 1. The van der Waals surface area contributed by atoms with Crippen LogP contribution < -0.4 is 0 Å². The molecule has 0 saturated heterocycles. The van der Waals surface area contributed by atoms with Crippen molar-refractivity contribution < 1.29 is 14.7 Å². The third-order valence-electron chi connectivity index (χ3n) is 2.42. The zero-order valence-electron chi connectivity index (χ0n) is 9.47. The van der Waals surface area contributed by atoms with Crippen molar-refractivity contribution in [2.75, 3.05) is 7.05 Å². The van der Waals surface area contributed by atoms with Crippen LogP contribution in [0.2, 0.25) is 0 Å². The Labute approximate surface area is 97.7 Å². The molecule has 17 heavy (non-hydrogen) atoms. The predicted octanol–water partition coefficient (Wildman–Crippen LogP) is 0.482. The molecule has 0 fully saturated rings. The van der Waals surface area contributed by atoms with Crippen LogP contribution in [0.25, 0.3) is 0 Å². The molecule has 1 unspecified atom stereocenters. The fraction of sp³-hybridized carbons (Fsp3) is 0.400. The topological polar surface area (TPSA) is 110 Å². The van der Waals surface area contributed by atoms with Crippen molar-refractivity contribution >= 4 is 11.9 Å². The molecule has 0 bridgehead atoms. The molecule has 7 heteroatoms. The lowest BCUT2D eigenvalue weighted by atomic mass is 10.2. The fourth-order valence-electron chi connectivity index (χ4n) is 1.26. The summed E-state index contributed by atoms with van der Waals surface area (Å²) in [6.45, 7) is 1.70. The Hall–Kier alpha value is -2.36. The Bertz CT molecular complexity index is 474. The van der Waals surface area contributed by atoms with Gasteiger partial charge in [0.2, 0.25) is 0 Å². The van der Waals surface area contributed by atoms with Gasteiger partial charge in [-0.25, -0.2) is 9.78 Å². The number of aromatic nitrogens is 2. The fourth-order valence-corrected chi connectivity index (χ4v) is 1.26. The molecule has 0 aliphatic carbocycles. The Kier molecular flexibility index (Phi) is 3.82. The average Bonchev–Trinajstić information content (AvgIpc) is 2.76. The summed E-state index contributed by atoms with van der Waals surface area (Å²) < 4.78 is 0. The van der Waals surface area contributed by atoms with E-state index in [1.807, 2.05) is 6.07 Å². The Morgan fingerprint density at radius 3 is 2.88 bits per heavy atom. The zero-order chi connectivity index (χ0) is 13.0. The van der Waals surface area contributed by atoms with Gasteiger partial charge in [0.05, 0.1) is 18.8 Å². The van der Waals surface area contributed by atoms with Gasteiger partial charge in [-0.1, -0.05) is 0 Å². The normalized spacial score (nSPS) is 11.6. The number of H-pyrrole nitrogens is 1. The van der Waals surface area contributed by atoms with Crippen LogP contribution in [-0.4, -0.2) is 44.9 Å². The van der Waals surface area contributed by atoms with Crippen LogP contribution in [0, 0.1) is 11.3 Å². The van der Waals surface area contributed by atoms with E-state index in [-0.39, 0.29) is 23.9 Å². The summed E-state index contributed by atoms with van der Waals surface area (Å²) in [6.07, 6.45) is 1.33. The molecule has 0 saturated carbocycles. The Morgan fingerprint density at radius 1 is 1.71 bits per heavy atom. The molecule has 0 aromatic carbocycles. The highest BCUT2D eigenvalue weighted by atomic mass is 16.4. The number of hydrogen-bond donors (Lipinski definition) is 2. The van der Waals surface area contributed by atoms with Gasteiger partial charge in [-0.2, -0.15) is 5.26 Å². The number of carboxylic acids is 1. The summed E-state index contributed by atoms with van der Waals surface area (Å²) in [7, 11) is 1.50. The second kappa shape index (κ2) is 5.12. The van der Waals surface area contributed by atoms with Gasteiger partial charge in [0.1, 0.15) is 0 Å². The van der Waals surface area contributed by atoms with E-state index in [9.17, 15) is 9.59 Å². The van der Waals surface area contributed by atoms with Crippen LogP contribution in [0.15, 0.2) is 6.33 Å². The van der Waals surface area contributed by atoms with Crippen LogP contribution in [0.3, 0.4) is 0 Å². The molecule has 90 valence electrons. The molecule has 1 atom stereocenters. The number of rotatable bonds is 4. The van der Waals surface area contributed by atoms with E-state index in [2.05, 4.69) is 9.97 Å². The number of nitrogens with one attached hydrogen (secondary N) is 1. The molecule has 1 aromatic heterocycles. The summed E-state index contributed by atoms with van der Waals surface area (Å²) in [5.74, 6) is -1.77. The third-order valence-corrected chi connectivity index (χ3v) is 2.42. The van der Waals surface area contributed by atoms with Crippen molar-refractivity contribution in [1.29, 1.82) is 5.26 Å². The van der Waals surface area contributed by atoms with Crippen molar-refractivity contribution in [3.63, 3.8) is 0 Å². The van der Waals surface area contributed by atoms with Crippen LogP contribution in [-0.2, 0) is 0 Å². The van der Waals surface area contributed by atoms with E-state index >= 15 is 0 Å². The van der Waals surface area contributed by atoms with Crippen molar-refractivity contribution in [1.82, 2.24) is 14.9 Å². The van der Waals surface area contributed by atoms with Gasteiger partial charge in [0.25, 0.3) is 5.91 Å². The minimum Gasteiger partial charge on any atom is -0.477 e. The Morgan fingerprint density at radius 2 is 2.35 bits per heavy atom. The highest BCUT2D eigenvalue weighted by molar-refractivity contribution is 6.02. The molecule has 2 N–H and O–H groups in total. The lowest BCUT2D eigenvalue weighted by molar-refractivity contribution is 0.0666. The maximum Gasteiger partial charge on any atom is 0.354 e. The number of nitriles is 1. The van der Waals surface area contributed by atoms with Gasteiger partial charge >= 0.3 is 5.97 Å². The molecule has 7 nitrogen and oxygen atoms in total. The first-order valence-corrected chi connectivity index (χ1v) is 4.89. The van der Waals surface area contributed by atoms with E-state index in [1.165, 1.54) is 11.9 Å². The summed E-state index contributed by atoms with van der Waals surface area (Å²) in [4.78, 5) is 30.1. The van der Waals surface area contributed by atoms with Crippen molar-refractivity contribution in [2.24, 2.45) is 0 Å². The quantitative estimate of drug-likeness (QED) is 0.790. The lowest BCUT2D eigenvalue weighted by Crippen LogP contribution is -2.35. The lowest BCUT2D eigenvalue weighted by Gasteiger charge is -2.22. The van der Waals surface area contributed by atoms with Crippen molar-refractivity contribution in [2.45, 2.75) is 19.4 Å². The van der Waals surface area contributed by atoms with Gasteiger partial charge in [0, 0.05) is 13.1 Å². The molecule has 0 spiro atoms. The first-order valence-electron chi connectivity index (χ1n) is 4.89. The molecule has 0 aliphatic heterocycles. The maximum absolute atomic E-state index is 11.9. The summed E-state index contributed by atoms with van der Waals surface area (Å²) in [6, 6.07) is 1.65. The second-order valence-corrected chi connectivity index (χ2v) is 3.56. The standard InChI is InChI=1S/C10H12N4O3/c1-6(3-4-11)14(2)9(15)7-8(10(16)17)13-5-12-7/h5-6H,3H2,1-2H3,(H,12,13)(H,16,17). The van der Waals surface area contributed by atoms with Gasteiger partial charge < -0.3 is 15.0 Å². The SMILES string of the molecule is CC(CC#N)N(C)C(=O)c1nc[nH]c1C(=O)O. The van der Waals surface area contributed by atoms with Crippen LogP contribution in [0.5, 0.6) is 0 Å². The number of imidazole rings is 1. The second-order valence-electron chi connectivity index (χ2n) is 3.56. The molecule has 1 aromatic rings. The average molecular weight is 236 g/mol. The largest absolute Gasteiger partial charge is 0.477 e. The van der Waals surface area contributed by atoms with Crippen LogP contribution >= 0.6 is 0 Å². The highest BCUT2D eigenvalue weighted by Crippen LogP contribution is 2.10. The molecule has 1 rings (SSSR count). The number of hydrogen-bond acceptors (Lipinski definition) is 4. The highest BCUT2D eigenvalue weighted by Gasteiger charge is 2.24. The monoisotopic (exact) mass is 236 g/mol. The molecule has 0 radical (unpaired) electrons. The molecule has 1 heterocycles. The van der Waals surface area contributed by atoms with Crippen LogP contribution in [0.1, 0.15) is 34.3 Å². The summed E-state index contributed by atoms with van der Waals surface area (Å²) in [5, 5.41) is 17.4. The van der Waals surface area contributed by atoms with Crippen molar-refractivity contribution in [3.05, 3.63) is 17.7 Å². The van der Waals surface area contributed by atoms with Crippen LogP contribution in [0.4, 0.5) is 0 Å². The van der Waals surface area contributed by atoms with E-state index in [0.29, 0.717) is 0 Å². The first-order chi connectivity index (χ1) is 7.99. The summed E-state index contributed by atoms with van der Waals surface area (Å²) >= 11 is 0. The maximum atomic E-state index is 11.9. The zero-order valence-corrected chi connectivity index (χ0v) is 9.47. The molecular weight excluding hydrogens is 224 g/mol. The number of nitrogens with zero attached hydrogens (tertiary/aromatic N) is 3. The molecule has 0 aliphatic rings. The number of carbonyl (C=O) groups is 2. The molecular formula is C10H12N4O3. The summed E-state index contributed by atoms with van der Waals surface area (Å²) in [5.41, 5.74) is -0.393. The van der Waals surface area contributed by atoms with Gasteiger partial charge in [-0.3, -0.25) is 4.79 Å². The number of aromatic carboxylic acids is 1. The number of aromatic amines is 1. The predicted molar refractivity (Wildman–Crippen MR) is 57.3 cm³/mol. The number of carboxylic acid groups (broad SMARTS) is 1. The van der Waals surface area contributed by atoms with E-state index < -0.39 is 11.9 Å². The van der Waals surface area contributed by atoms with E-state index in [0.717, 1.165) is 6.33 Å². The molecule has 1 amide bonds. The third kappa shape index (κ3) is 2.60. The van der Waals surface area contributed by atoms with Gasteiger partial charge in [0.15, 0.2) is 11.4 Å².